The molecule has 1 amide bonds. The van der Waals surface area contributed by atoms with E-state index in [1.165, 1.54) is 19.1 Å². The summed E-state index contributed by atoms with van der Waals surface area (Å²) in [6, 6.07) is 2.22. The zero-order chi connectivity index (χ0) is 17.6. The molecule has 0 fully saturated rings. The molecule has 0 aliphatic heterocycles. The van der Waals surface area contributed by atoms with E-state index in [0.29, 0.717) is 12.5 Å². The summed E-state index contributed by atoms with van der Waals surface area (Å²) in [6.45, 7) is 6.00. The van der Waals surface area contributed by atoms with E-state index >= 15 is 0 Å². The average Bonchev–Trinajstić information content (AvgIpc) is 2.46. The summed E-state index contributed by atoms with van der Waals surface area (Å²) in [7, 11) is 0. The van der Waals surface area contributed by atoms with Crippen molar-refractivity contribution in [2.75, 3.05) is 6.61 Å². The molecule has 128 valence electrons. The van der Waals surface area contributed by atoms with Gasteiger partial charge in [-0.15, -0.1) is 0 Å². The molecule has 1 aromatic carbocycles. The lowest BCUT2D eigenvalue weighted by atomic mass is 10.1. The number of ether oxygens (including phenoxy) is 1. The van der Waals surface area contributed by atoms with Gasteiger partial charge in [0.15, 0.2) is 6.04 Å². The van der Waals surface area contributed by atoms with Crippen LogP contribution in [-0.2, 0) is 14.3 Å². The van der Waals surface area contributed by atoms with Crippen LogP contribution in [0.2, 0.25) is 5.02 Å². The Morgan fingerprint density at radius 2 is 2.00 bits per heavy atom. The third-order valence-corrected chi connectivity index (χ3v) is 3.55. The van der Waals surface area contributed by atoms with Crippen molar-refractivity contribution in [2.24, 2.45) is 5.92 Å². The number of carboxylic acids is 1. The number of hydrogen-bond acceptors (Lipinski definition) is 3. The maximum Gasteiger partial charge on any atom is 0.330 e. The Bertz CT molecular complexity index is 565. The van der Waals surface area contributed by atoms with Crippen LogP contribution in [0.5, 0.6) is 0 Å². The van der Waals surface area contributed by atoms with Crippen LogP contribution in [0.3, 0.4) is 0 Å². The van der Waals surface area contributed by atoms with Crippen molar-refractivity contribution in [3.63, 3.8) is 0 Å². The molecule has 0 spiro atoms. The van der Waals surface area contributed by atoms with E-state index in [9.17, 15) is 19.1 Å². The zero-order valence-corrected chi connectivity index (χ0v) is 14.1. The van der Waals surface area contributed by atoms with Crippen molar-refractivity contribution >= 4 is 23.5 Å². The van der Waals surface area contributed by atoms with E-state index in [4.69, 9.17) is 16.3 Å². The van der Waals surface area contributed by atoms with E-state index in [2.05, 4.69) is 5.32 Å². The summed E-state index contributed by atoms with van der Waals surface area (Å²) < 4.78 is 18.9. The Hall–Kier alpha value is -1.66. The Morgan fingerprint density at radius 3 is 2.52 bits per heavy atom. The first-order valence-electron chi connectivity index (χ1n) is 7.32. The number of carboxylic acid groups (broad SMARTS) is 1. The van der Waals surface area contributed by atoms with Crippen LogP contribution in [0.4, 0.5) is 4.39 Å². The van der Waals surface area contributed by atoms with Gasteiger partial charge in [0.05, 0.1) is 5.02 Å². The third-order valence-electron chi connectivity index (χ3n) is 3.24. The van der Waals surface area contributed by atoms with Crippen LogP contribution >= 0.6 is 11.6 Å². The van der Waals surface area contributed by atoms with Crippen molar-refractivity contribution in [1.29, 1.82) is 0 Å². The monoisotopic (exact) mass is 345 g/mol. The molecule has 5 nitrogen and oxygen atoms in total. The number of aliphatic carboxylic acids is 1. The number of carbonyl (C=O) groups excluding carboxylic acids is 1. The number of hydrogen-bond donors (Lipinski definition) is 2. The Kier molecular flexibility index (Phi) is 7.45. The van der Waals surface area contributed by atoms with Gasteiger partial charge in [-0.05, 0) is 37.0 Å². The fourth-order valence-electron chi connectivity index (χ4n) is 1.80. The minimum absolute atomic E-state index is 0.0992. The first-order valence-corrected chi connectivity index (χ1v) is 7.70. The molecule has 1 rings (SSSR count). The normalized spacial score (nSPS) is 13.7. The lowest BCUT2D eigenvalue weighted by Gasteiger charge is -2.19. The van der Waals surface area contributed by atoms with Crippen LogP contribution in [0.15, 0.2) is 18.2 Å². The number of rotatable bonds is 8. The molecule has 2 unspecified atom stereocenters. The average molecular weight is 346 g/mol. The Morgan fingerprint density at radius 1 is 1.35 bits per heavy atom. The van der Waals surface area contributed by atoms with Gasteiger partial charge in [0.1, 0.15) is 11.9 Å². The number of carbonyl (C=O) groups is 2. The SMILES string of the molecule is CC(C)CCOC(C)C(=O)NC(C(=O)O)c1ccc(Cl)c(F)c1. The molecular formula is C16H21ClFNO4. The molecule has 0 aromatic heterocycles. The van der Waals surface area contributed by atoms with Gasteiger partial charge in [0.25, 0.3) is 0 Å². The molecule has 7 heteroatoms. The van der Waals surface area contributed by atoms with Crippen molar-refractivity contribution in [3.8, 4) is 0 Å². The molecule has 0 aliphatic rings. The fourth-order valence-corrected chi connectivity index (χ4v) is 1.91. The van der Waals surface area contributed by atoms with Gasteiger partial charge in [-0.3, -0.25) is 4.79 Å². The van der Waals surface area contributed by atoms with Crippen molar-refractivity contribution in [1.82, 2.24) is 5.32 Å². The summed E-state index contributed by atoms with van der Waals surface area (Å²) in [4.78, 5) is 23.4. The highest BCUT2D eigenvalue weighted by Gasteiger charge is 2.25. The quantitative estimate of drug-likeness (QED) is 0.758. The number of amides is 1. The minimum atomic E-state index is -1.37. The lowest BCUT2D eigenvalue weighted by molar-refractivity contribution is -0.144. The van der Waals surface area contributed by atoms with Crippen molar-refractivity contribution < 1.29 is 23.8 Å². The maximum atomic E-state index is 13.5. The second-order valence-electron chi connectivity index (χ2n) is 5.65. The van der Waals surface area contributed by atoms with Gasteiger partial charge in [0, 0.05) is 6.61 Å². The molecule has 0 bridgehead atoms. The number of halogens is 2. The highest BCUT2D eigenvalue weighted by atomic mass is 35.5. The summed E-state index contributed by atoms with van der Waals surface area (Å²) in [5.41, 5.74) is 0.0992. The summed E-state index contributed by atoms with van der Waals surface area (Å²) in [5.74, 6) is -2.18. The molecule has 0 radical (unpaired) electrons. The van der Waals surface area contributed by atoms with Gasteiger partial charge in [0.2, 0.25) is 5.91 Å². The number of benzene rings is 1. The zero-order valence-electron chi connectivity index (χ0n) is 13.3. The summed E-state index contributed by atoms with van der Waals surface area (Å²) >= 11 is 5.57. The van der Waals surface area contributed by atoms with E-state index in [0.717, 1.165) is 12.5 Å². The highest BCUT2D eigenvalue weighted by molar-refractivity contribution is 6.30. The smallest absolute Gasteiger partial charge is 0.330 e. The van der Waals surface area contributed by atoms with Gasteiger partial charge in [-0.2, -0.15) is 0 Å². The number of nitrogens with one attached hydrogen (secondary N) is 1. The fraction of sp³-hybridized carbons (Fsp3) is 0.500. The van der Waals surface area contributed by atoms with E-state index in [1.54, 1.807) is 0 Å². The molecule has 0 heterocycles. The minimum Gasteiger partial charge on any atom is -0.479 e. The molecule has 0 saturated heterocycles. The molecule has 2 N–H and O–H groups in total. The maximum absolute atomic E-state index is 13.5. The highest BCUT2D eigenvalue weighted by Crippen LogP contribution is 2.21. The Balaban J connectivity index is 2.73. The van der Waals surface area contributed by atoms with Crippen LogP contribution in [0.1, 0.15) is 38.8 Å². The van der Waals surface area contributed by atoms with Gasteiger partial charge < -0.3 is 15.2 Å². The largest absolute Gasteiger partial charge is 0.479 e. The molecule has 0 saturated carbocycles. The summed E-state index contributed by atoms with van der Waals surface area (Å²) in [5, 5.41) is 11.5. The van der Waals surface area contributed by atoms with E-state index in [-0.39, 0.29) is 10.6 Å². The Labute approximate surface area is 139 Å². The predicted octanol–water partition coefficient (Wildman–Crippen LogP) is 3.17. The first kappa shape index (κ1) is 19.4. The summed E-state index contributed by atoms with van der Waals surface area (Å²) in [6.07, 6.45) is -0.00436. The second kappa shape index (κ2) is 8.84. The van der Waals surface area contributed by atoms with Gasteiger partial charge in [-0.1, -0.05) is 31.5 Å². The van der Waals surface area contributed by atoms with Crippen LogP contribution < -0.4 is 5.32 Å². The molecule has 2 atom stereocenters. The van der Waals surface area contributed by atoms with E-state index < -0.39 is 29.8 Å². The van der Waals surface area contributed by atoms with Crippen LogP contribution in [-0.4, -0.2) is 29.7 Å². The van der Waals surface area contributed by atoms with Gasteiger partial charge in [-0.25, -0.2) is 9.18 Å². The first-order chi connectivity index (χ1) is 10.7. The van der Waals surface area contributed by atoms with Crippen LogP contribution in [0.25, 0.3) is 0 Å². The molecule has 1 aromatic rings. The molecule has 0 aliphatic carbocycles. The molecule has 23 heavy (non-hydrogen) atoms. The topological polar surface area (TPSA) is 75.6 Å². The van der Waals surface area contributed by atoms with Crippen molar-refractivity contribution in [3.05, 3.63) is 34.6 Å². The third kappa shape index (κ3) is 6.15. The van der Waals surface area contributed by atoms with Crippen molar-refractivity contribution in [2.45, 2.75) is 39.3 Å². The lowest BCUT2D eigenvalue weighted by Crippen LogP contribution is -2.40. The van der Waals surface area contributed by atoms with Crippen LogP contribution in [0, 0.1) is 11.7 Å². The second-order valence-corrected chi connectivity index (χ2v) is 6.06. The van der Waals surface area contributed by atoms with Gasteiger partial charge >= 0.3 is 5.97 Å². The standard InChI is InChI=1S/C16H21ClFNO4/c1-9(2)6-7-23-10(3)15(20)19-14(16(21)22)11-4-5-12(17)13(18)8-11/h4-5,8-10,14H,6-7H2,1-3H3,(H,19,20)(H,21,22). The predicted molar refractivity (Wildman–Crippen MR) is 84.8 cm³/mol. The van der Waals surface area contributed by atoms with E-state index in [1.807, 2.05) is 13.8 Å². The molecular weight excluding hydrogens is 325 g/mol.